The number of anilines is 2. The van der Waals surface area contributed by atoms with E-state index in [1.165, 1.54) is 35.6 Å². The summed E-state index contributed by atoms with van der Waals surface area (Å²) in [7, 11) is 0. The zero-order valence-electron chi connectivity index (χ0n) is 22.6. The minimum atomic E-state index is -4.51. The number of nitrogens with zero attached hydrogens (tertiary/aromatic N) is 2. The van der Waals surface area contributed by atoms with Gasteiger partial charge in [0.1, 0.15) is 10.7 Å². The van der Waals surface area contributed by atoms with E-state index >= 15 is 0 Å². The second kappa shape index (κ2) is 12.2. The number of amides is 1. The molecule has 2 fully saturated rings. The molecule has 2 aliphatic heterocycles. The SMILES string of the molecule is CCOC(=O)/C(C)=C/c1c(Cl)cc(C(=O)Nc2nc(-c3cccc(C(F)(F)F)c3)c(N3CC4CCNC4C3)s2)cc1Cl. The molecule has 0 saturated carbocycles. The van der Waals surface area contributed by atoms with E-state index in [1.54, 1.807) is 19.9 Å². The number of hydrogen-bond donors (Lipinski definition) is 2. The number of carbonyl (C=O) groups is 2. The number of fused-ring (bicyclic) bond motifs is 1. The van der Waals surface area contributed by atoms with Gasteiger partial charge in [-0.05, 0) is 63.1 Å². The molecule has 13 heteroatoms. The first kappa shape index (κ1) is 30.3. The van der Waals surface area contributed by atoms with E-state index < -0.39 is 23.6 Å². The van der Waals surface area contributed by atoms with Crippen LogP contribution < -0.4 is 15.5 Å². The third kappa shape index (κ3) is 6.44. The van der Waals surface area contributed by atoms with Crippen molar-refractivity contribution in [1.82, 2.24) is 10.3 Å². The molecule has 0 aliphatic carbocycles. The molecule has 2 saturated heterocycles. The highest BCUT2D eigenvalue weighted by Gasteiger charge is 2.38. The summed E-state index contributed by atoms with van der Waals surface area (Å²) >= 11 is 14.0. The Balaban J connectivity index is 1.44. The van der Waals surface area contributed by atoms with Gasteiger partial charge in [0.2, 0.25) is 0 Å². The van der Waals surface area contributed by atoms with Crippen LogP contribution in [0.15, 0.2) is 42.0 Å². The Kier molecular flexibility index (Phi) is 8.84. The van der Waals surface area contributed by atoms with Gasteiger partial charge in [-0.25, -0.2) is 9.78 Å². The fourth-order valence-corrected chi connectivity index (χ4v) is 6.77. The second-order valence-corrected chi connectivity index (χ2v) is 11.9. The highest BCUT2D eigenvalue weighted by molar-refractivity contribution is 7.20. The molecular weight excluding hydrogens is 612 g/mol. The third-order valence-electron chi connectivity index (χ3n) is 7.24. The maximum absolute atomic E-state index is 13.5. The predicted octanol–water partition coefficient (Wildman–Crippen LogP) is 7.15. The number of esters is 1. The van der Waals surface area contributed by atoms with Gasteiger partial charge in [0, 0.05) is 41.4 Å². The molecule has 0 radical (unpaired) electrons. The Morgan fingerprint density at radius 3 is 2.62 bits per heavy atom. The Hall–Kier alpha value is -3.12. The first-order valence-electron chi connectivity index (χ1n) is 13.3. The third-order valence-corrected chi connectivity index (χ3v) is 8.90. The van der Waals surface area contributed by atoms with Crippen LogP contribution in [0.3, 0.4) is 0 Å². The summed E-state index contributed by atoms with van der Waals surface area (Å²) in [5, 5.41) is 7.44. The van der Waals surface area contributed by atoms with Crippen LogP contribution in [-0.4, -0.2) is 49.1 Å². The number of aromatic nitrogens is 1. The number of rotatable bonds is 7. The van der Waals surface area contributed by atoms with Gasteiger partial charge >= 0.3 is 12.1 Å². The fourth-order valence-electron chi connectivity index (χ4n) is 5.17. The van der Waals surface area contributed by atoms with Gasteiger partial charge in [0.15, 0.2) is 5.13 Å². The van der Waals surface area contributed by atoms with Crippen LogP contribution in [0.5, 0.6) is 0 Å². The first-order valence-corrected chi connectivity index (χ1v) is 14.8. The molecule has 0 spiro atoms. The summed E-state index contributed by atoms with van der Waals surface area (Å²) in [5.74, 6) is -0.629. The van der Waals surface area contributed by atoms with Gasteiger partial charge in [-0.3, -0.25) is 10.1 Å². The number of halogens is 5. The van der Waals surface area contributed by atoms with Crippen molar-refractivity contribution in [3.8, 4) is 11.3 Å². The molecule has 1 amide bonds. The lowest BCUT2D eigenvalue weighted by molar-refractivity contribution is -0.138. The Morgan fingerprint density at radius 1 is 1.21 bits per heavy atom. The van der Waals surface area contributed by atoms with Crippen LogP contribution in [-0.2, 0) is 15.7 Å². The largest absolute Gasteiger partial charge is 0.463 e. The molecule has 1 aromatic heterocycles. The molecule has 2 atom stereocenters. The van der Waals surface area contributed by atoms with E-state index in [0.29, 0.717) is 40.3 Å². The molecule has 222 valence electrons. The van der Waals surface area contributed by atoms with Crippen molar-refractivity contribution in [2.75, 3.05) is 36.5 Å². The summed E-state index contributed by atoms with van der Waals surface area (Å²) in [6.45, 7) is 5.85. The lowest BCUT2D eigenvalue weighted by Crippen LogP contribution is -2.29. The van der Waals surface area contributed by atoms with Crippen molar-refractivity contribution in [2.45, 2.75) is 32.5 Å². The van der Waals surface area contributed by atoms with Gasteiger partial charge in [-0.1, -0.05) is 46.7 Å². The van der Waals surface area contributed by atoms with E-state index in [0.717, 1.165) is 31.6 Å². The van der Waals surface area contributed by atoms with Crippen LogP contribution in [0.1, 0.15) is 41.8 Å². The van der Waals surface area contributed by atoms with Crippen molar-refractivity contribution in [3.63, 3.8) is 0 Å². The Bertz CT molecular complexity index is 1520. The number of ether oxygens (including phenoxy) is 1. The highest BCUT2D eigenvalue weighted by Crippen LogP contribution is 2.43. The lowest BCUT2D eigenvalue weighted by atomic mass is 10.1. The van der Waals surface area contributed by atoms with Crippen molar-refractivity contribution >= 4 is 62.6 Å². The van der Waals surface area contributed by atoms with Crippen LogP contribution in [0.4, 0.5) is 23.3 Å². The smallest absolute Gasteiger partial charge is 0.416 e. The van der Waals surface area contributed by atoms with Crippen molar-refractivity contribution in [3.05, 3.63) is 68.7 Å². The minimum Gasteiger partial charge on any atom is -0.463 e. The van der Waals surface area contributed by atoms with Gasteiger partial charge in [-0.15, -0.1) is 0 Å². The van der Waals surface area contributed by atoms with E-state index in [-0.39, 0.29) is 32.9 Å². The van der Waals surface area contributed by atoms with Crippen molar-refractivity contribution in [2.24, 2.45) is 5.92 Å². The quantitative estimate of drug-likeness (QED) is 0.211. The lowest BCUT2D eigenvalue weighted by Gasteiger charge is -2.19. The number of nitrogens with one attached hydrogen (secondary N) is 2. The molecule has 3 heterocycles. The van der Waals surface area contributed by atoms with Crippen molar-refractivity contribution < 1.29 is 27.5 Å². The van der Waals surface area contributed by atoms with Crippen LogP contribution in [0, 0.1) is 5.92 Å². The molecule has 2 unspecified atom stereocenters. The number of benzene rings is 2. The zero-order valence-corrected chi connectivity index (χ0v) is 25.0. The normalized spacial score (nSPS) is 18.7. The maximum atomic E-state index is 13.5. The fraction of sp³-hybridized carbons (Fsp3) is 0.345. The van der Waals surface area contributed by atoms with Gasteiger partial charge in [0.25, 0.3) is 5.91 Å². The van der Waals surface area contributed by atoms with Crippen LogP contribution in [0.25, 0.3) is 17.3 Å². The molecule has 3 aromatic rings. The van der Waals surface area contributed by atoms with E-state index in [1.807, 2.05) is 0 Å². The maximum Gasteiger partial charge on any atom is 0.416 e. The van der Waals surface area contributed by atoms with E-state index in [2.05, 4.69) is 20.5 Å². The monoisotopic (exact) mass is 638 g/mol. The summed E-state index contributed by atoms with van der Waals surface area (Å²) in [4.78, 5) is 31.9. The number of thiazole rings is 1. The van der Waals surface area contributed by atoms with E-state index in [4.69, 9.17) is 27.9 Å². The molecule has 0 bridgehead atoms. The highest BCUT2D eigenvalue weighted by atomic mass is 35.5. The summed E-state index contributed by atoms with van der Waals surface area (Å²) in [6.07, 6.45) is -2.00. The van der Waals surface area contributed by atoms with Gasteiger partial charge in [-0.2, -0.15) is 13.2 Å². The Labute approximate surface area is 254 Å². The molecule has 7 nitrogen and oxygen atoms in total. The zero-order chi connectivity index (χ0) is 30.2. The number of hydrogen-bond acceptors (Lipinski definition) is 7. The van der Waals surface area contributed by atoms with Crippen molar-refractivity contribution in [1.29, 1.82) is 0 Å². The van der Waals surface area contributed by atoms with E-state index in [9.17, 15) is 22.8 Å². The predicted molar refractivity (Wildman–Crippen MR) is 159 cm³/mol. The first-order chi connectivity index (χ1) is 19.9. The second-order valence-electron chi connectivity index (χ2n) is 10.1. The molecule has 2 aromatic carbocycles. The van der Waals surface area contributed by atoms with Crippen LogP contribution >= 0.6 is 34.5 Å². The minimum absolute atomic E-state index is 0.146. The molecule has 2 aliphatic rings. The Morgan fingerprint density at radius 2 is 1.95 bits per heavy atom. The van der Waals surface area contributed by atoms with Gasteiger partial charge in [0.05, 0.1) is 22.2 Å². The number of carbonyl (C=O) groups excluding carboxylic acids is 2. The average molecular weight is 640 g/mol. The summed E-state index contributed by atoms with van der Waals surface area (Å²) in [5.41, 5.74) is 0.691. The molecule has 42 heavy (non-hydrogen) atoms. The standard InChI is InChI=1S/C29H27Cl2F3N4O3S/c1-3-41-27(40)15(2)9-20-21(30)11-18(12-22(20)31)25(39)37-28-36-24(16-5-4-6-19(10-16)29(32,33)34)26(42-28)38-13-17-7-8-35-23(17)14-38/h4-6,9-12,17,23,35H,3,7-8,13-14H2,1-2H3,(H,36,37,39)/b15-9+. The average Bonchev–Trinajstić information content (AvgIpc) is 3.65. The molecule has 5 rings (SSSR count). The van der Waals surface area contributed by atoms with Gasteiger partial charge < -0.3 is 15.0 Å². The number of alkyl halides is 3. The molecular formula is C29H27Cl2F3N4O3S. The summed E-state index contributed by atoms with van der Waals surface area (Å²) < 4.78 is 45.5. The van der Waals surface area contributed by atoms with Crippen LogP contribution in [0.2, 0.25) is 10.0 Å². The summed E-state index contributed by atoms with van der Waals surface area (Å²) in [6, 6.07) is 8.16. The topological polar surface area (TPSA) is 83.6 Å². The molecule has 2 N–H and O–H groups in total.